The number of likely N-dealkylation sites (N-methyl/N-ethyl adjacent to an activating group) is 1. The summed E-state index contributed by atoms with van der Waals surface area (Å²) in [5.74, 6) is -0.232. The number of rotatable bonds is 3. The second-order valence-electron chi connectivity index (χ2n) is 5.05. The van der Waals surface area contributed by atoms with Gasteiger partial charge in [0.15, 0.2) is 5.72 Å². The van der Waals surface area contributed by atoms with Gasteiger partial charge in [-0.3, -0.25) is 4.79 Å². The number of hydrogen-bond donors (Lipinski definition) is 2. The summed E-state index contributed by atoms with van der Waals surface area (Å²) >= 11 is 0. The summed E-state index contributed by atoms with van der Waals surface area (Å²) in [6.45, 7) is 0.291. The molecule has 4 heteroatoms. The Hall–Kier alpha value is -2.33. The SMILES string of the molecule is CN(CC1(O)NC(=O)c2ccccc21)c1ccccc1. The highest BCUT2D eigenvalue weighted by molar-refractivity contribution is 5.99. The number of amides is 1. The highest BCUT2D eigenvalue weighted by atomic mass is 16.3. The zero-order valence-corrected chi connectivity index (χ0v) is 11.2. The number of carbonyl (C=O) groups is 1. The van der Waals surface area contributed by atoms with Crippen LogP contribution in [0.2, 0.25) is 0 Å². The zero-order chi connectivity index (χ0) is 14.2. The molecule has 1 heterocycles. The van der Waals surface area contributed by atoms with E-state index in [0.29, 0.717) is 17.7 Å². The van der Waals surface area contributed by atoms with Crippen molar-refractivity contribution in [2.75, 3.05) is 18.5 Å². The smallest absolute Gasteiger partial charge is 0.254 e. The topological polar surface area (TPSA) is 52.6 Å². The summed E-state index contributed by atoms with van der Waals surface area (Å²) in [7, 11) is 1.89. The van der Waals surface area contributed by atoms with E-state index in [1.165, 1.54) is 0 Å². The van der Waals surface area contributed by atoms with Crippen molar-refractivity contribution in [2.24, 2.45) is 0 Å². The van der Waals surface area contributed by atoms with Crippen molar-refractivity contribution in [1.29, 1.82) is 0 Å². The Kier molecular flexibility index (Phi) is 2.95. The first-order valence-corrected chi connectivity index (χ1v) is 6.51. The van der Waals surface area contributed by atoms with Crippen molar-refractivity contribution in [2.45, 2.75) is 5.72 Å². The molecule has 0 saturated carbocycles. The molecule has 2 N–H and O–H groups in total. The number of nitrogens with one attached hydrogen (secondary N) is 1. The minimum Gasteiger partial charge on any atom is -0.369 e. The summed E-state index contributed by atoms with van der Waals surface area (Å²) < 4.78 is 0. The van der Waals surface area contributed by atoms with Gasteiger partial charge in [0.1, 0.15) is 0 Å². The lowest BCUT2D eigenvalue weighted by atomic mass is 10.0. The van der Waals surface area contributed by atoms with E-state index in [-0.39, 0.29) is 5.91 Å². The van der Waals surface area contributed by atoms with Gasteiger partial charge in [-0.1, -0.05) is 36.4 Å². The lowest BCUT2D eigenvalue weighted by Gasteiger charge is -2.30. The van der Waals surface area contributed by atoms with Crippen LogP contribution in [0.4, 0.5) is 5.69 Å². The Bertz CT molecular complexity index is 642. The molecule has 4 nitrogen and oxygen atoms in total. The van der Waals surface area contributed by atoms with Gasteiger partial charge in [-0.15, -0.1) is 0 Å². The normalized spacial score (nSPS) is 20.4. The number of fused-ring (bicyclic) bond motifs is 1. The molecule has 2 aromatic carbocycles. The van der Waals surface area contributed by atoms with E-state index in [9.17, 15) is 9.90 Å². The predicted octanol–water partition coefficient (Wildman–Crippen LogP) is 1.71. The van der Waals surface area contributed by atoms with Gasteiger partial charge in [-0.25, -0.2) is 0 Å². The van der Waals surface area contributed by atoms with Crippen LogP contribution in [0.3, 0.4) is 0 Å². The Morgan fingerprint density at radius 2 is 1.75 bits per heavy atom. The number of hydrogen-bond acceptors (Lipinski definition) is 3. The van der Waals surface area contributed by atoms with Gasteiger partial charge in [0.2, 0.25) is 0 Å². The van der Waals surface area contributed by atoms with Crippen molar-refractivity contribution >= 4 is 11.6 Å². The largest absolute Gasteiger partial charge is 0.369 e. The van der Waals surface area contributed by atoms with E-state index in [1.54, 1.807) is 18.2 Å². The molecule has 1 aliphatic rings. The molecule has 20 heavy (non-hydrogen) atoms. The minimum absolute atomic E-state index is 0.232. The average molecular weight is 268 g/mol. The van der Waals surface area contributed by atoms with Crippen molar-refractivity contribution in [3.63, 3.8) is 0 Å². The fourth-order valence-corrected chi connectivity index (χ4v) is 2.61. The summed E-state index contributed by atoms with van der Waals surface area (Å²) in [5.41, 5.74) is 0.807. The fourth-order valence-electron chi connectivity index (χ4n) is 2.61. The lowest BCUT2D eigenvalue weighted by Crippen LogP contribution is -2.48. The van der Waals surface area contributed by atoms with E-state index in [0.717, 1.165) is 5.69 Å². The molecule has 0 bridgehead atoms. The van der Waals surface area contributed by atoms with Crippen molar-refractivity contribution in [1.82, 2.24) is 5.32 Å². The van der Waals surface area contributed by atoms with Gasteiger partial charge >= 0.3 is 0 Å². The molecule has 1 amide bonds. The fraction of sp³-hybridized carbons (Fsp3) is 0.188. The summed E-state index contributed by atoms with van der Waals surface area (Å²) in [6.07, 6.45) is 0. The Morgan fingerprint density at radius 3 is 2.50 bits per heavy atom. The highest BCUT2D eigenvalue weighted by Crippen LogP contribution is 2.30. The van der Waals surface area contributed by atoms with Gasteiger partial charge in [0.05, 0.1) is 6.54 Å². The lowest BCUT2D eigenvalue weighted by molar-refractivity contribution is 0.0204. The quantitative estimate of drug-likeness (QED) is 0.891. The van der Waals surface area contributed by atoms with Crippen LogP contribution < -0.4 is 10.2 Å². The van der Waals surface area contributed by atoms with Gasteiger partial charge in [0.25, 0.3) is 5.91 Å². The van der Waals surface area contributed by atoms with E-state index < -0.39 is 5.72 Å². The van der Waals surface area contributed by atoms with Crippen molar-refractivity contribution in [3.8, 4) is 0 Å². The Morgan fingerprint density at radius 1 is 1.10 bits per heavy atom. The van der Waals surface area contributed by atoms with Crippen LogP contribution in [0.15, 0.2) is 54.6 Å². The standard InChI is InChI=1S/C16H16N2O2/c1-18(12-7-3-2-4-8-12)11-16(20)14-10-6-5-9-13(14)15(19)17-16/h2-10,20H,11H2,1H3,(H,17,19). The third-order valence-corrected chi connectivity index (χ3v) is 3.60. The van der Waals surface area contributed by atoms with Crippen LogP contribution in [-0.4, -0.2) is 24.6 Å². The predicted molar refractivity (Wildman–Crippen MR) is 77.5 cm³/mol. The maximum absolute atomic E-state index is 11.9. The summed E-state index contributed by atoms with van der Waals surface area (Å²) in [6, 6.07) is 16.9. The van der Waals surface area contributed by atoms with Crippen LogP contribution in [0.25, 0.3) is 0 Å². The number of carbonyl (C=O) groups excluding carboxylic acids is 1. The molecular formula is C16H16N2O2. The van der Waals surface area contributed by atoms with Crippen LogP contribution in [0.1, 0.15) is 15.9 Å². The molecule has 0 fully saturated rings. The average Bonchev–Trinajstić information content (AvgIpc) is 2.72. The minimum atomic E-state index is -1.35. The number of benzene rings is 2. The first-order chi connectivity index (χ1) is 9.60. The second-order valence-corrected chi connectivity index (χ2v) is 5.05. The highest BCUT2D eigenvalue weighted by Gasteiger charge is 2.41. The molecular weight excluding hydrogens is 252 g/mol. The van der Waals surface area contributed by atoms with Gasteiger partial charge in [0, 0.05) is 23.9 Å². The molecule has 3 rings (SSSR count). The van der Waals surface area contributed by atoms with Crippen LogP contribution >= 0.6 is 0 Å². The second kappa shape index (κ2) is 4.65. The number of anilines is 1. The third-order valence-electron chi connectivity index (χ3n) is 3.60. The molecule has 0 spiro atoms. The Labute approximate surface area is 117 Å². The van der Waals surface area contributed by atoms with Gasteiger partial charge < -0.3 is 15.3 Å². The molecule has 1 unspecified atom stereocenters. The number of aliphatic hydroxyl groups is 1. The number of para-hydroxylation sites is 1. The Balaban J connectivity index is 1.90. The monoisotopic (exact) mass is 268 g/mol. The zero-order valence-electron chi connectivity index (χ0n) is 11.2. The van der Waals surface area contributed by atoms with E-state index >= 15 is 0 Å². The molecule has 1 aliphatic heterocycles. The van der Waals surface area contributed by atoms with Crippen molar-refractivity contribution < 1.29 is 9.90 Å². The summed E-state index contributed by atoms with van der Waals surface area (Å²) in [4.78, 5) is 13.8. The van der Waals surface area contributed by atoms with Gasteiger partial charge in [-0.05, 0) is 18.2 Å². The van der Waals surface area contributed by atoms with Crippen LogP contribution in [-0.2, 0) is 5.72 Å². The molecule has 102 valence electrons. The summed E-state index contributed by atoms with van der Waals surface area (Å²) in [5, 5.41) is 13.4. The molecule has 2 aromatic rings. The molecule has 0 aromatic heterocycles. The molecule has 1 atom stereocenters. The van der Waals surface area contributed by atoms with Crippen LogP contribution in [0.5, 0.6) is 0 Å². The maximum atomic E-state index is 11.9. The third kappa shape index (κ3) is 2.04. The number of nitrogens with zero attached hydrogens (tertiary/aromatic N) is 1. The van der Waals surface area contributed by atoms with Gasteiger partial charge in [-0.2, -0.15) is 0 Å². The maximum Gasteiger partial charge on any atom is 0.254 e. The molecule has 0 radical (unpaired) electrons. The van der Waals surface area contributed by atoms with E-state index in [4.69, 9.17) is 0 Å². The first kappa shape index (κ1) is 12.7. The molecule has 0 aliphatic carbocycles. The van der Waals surface area contributed by atoms with E-state index in [2.05, 4.69) is 5.32 Å². The first-order valence-electron chi connectivity index (χ1n) is 6.51. The van der Waals surface area contributed by atoms with Crippen molar-refractivity contribution in [3.05, 3.63) is 65.7 Å². The van der Waals surface area contributed by atoms with E-state index in [1.807, 2.05) is 48.3 Å². The van der Waals surface area contributed by atoms with Crippen LogP contribution in [0, 0.1) is 0 Å². The molecule has 0 saturated heterocycles.